The number of aromatic amines is 1. The van der Waals surface area contributed by atoms with Gasteiger partial charge in [-0.3, -0.25) is 9.59 Å². The second kappa shape index (κ2) is 8.29. The van der Waals surface area contributed by atoms with Crippen molar-refractivity contribution in [3.8, 4) is 11.4 Å². The van der Waals surface area contributed by atoms with E-state index in [1.165, 1.54) is 19.3 Å². The predicted molar refractivity (Wildman–Crippen MR) is 122 cm³/mol. The van der Waals surface area contributed by atoms with Crippen LogP contribution >= 0.6 is 0 Å². The fourth-order valence-electron chi connectivity index (χ4n) is 4.16. The number of rotatable bonds is 4. The van der Waals surface area contributed by atoms with Gasteiger partial charge in [0.2, 0.25) is 5.91 Å². The van der Waals surface area contributed by atoms with Crippen molar-refractivity contribution in [2.45, 2.75) is 72.1 Å². The van der Waals surface area contributed by atoms with E-state index in [4.69, 9.17) is 10.1 Å². The first-order chi connectivity index (χ1) is 14.8. The molecule has 1 aliphatic rings. The van der Waals surface area contributed by atoms with Gasteiger partial charge < -0.3 is 10.3 Å². The van der Waals surface area contributed by atoms with Crippen LogP contribution in [0.2, 0.25) is 0 Å². The van der Waals surface area contributed by atoms with Crippen LogP contribution in [-0.4, -0.2) is 25.5 Å². The third-order valence-corrected chi connectivity index (χ3v) is 5.98. The van der Waals surface area contributed by atoms with E-state index in [1.54, 1.807) is 4.52 Å². The van der Waals surface area contributed by atoms with E-state index in [2.05, 4.69) is 10.3 Å². The molecule has 2 N–H and O–H groups in total. The van der Waals surface area contributed by atoms with Crippen LogP contribution in [-0.2, 0) is 11.2 Å². The molecule has 0 saturated heterocycles. The molecule has 2 aromatic heterocycles. The molecule has 7 nitrogen and oxygen atoms in total. The van der Waals surface area contributed by atoms with Crippen LogP contribution in [0.1, 0.15) is 77.2 Å². The first kappa shape index (κ1) is 21.3. The maximum Gasteiger partial charge on any atom is 0.277 e. The van der Waals surface area contributed by atoms with Gasteiger partial charge >= 0.3 is 0 Å². The number of hydrogen-bond donors (Lipinski definition) is 2. The molecule has 1 aromatic carbocycles. The van der Waals surface area contributed by atoms with Crippen molar-refractivity contribution in [2.75, 3.05) is 5.32 Å². The number of nitrogens with zero attached hydrogens (tertiary/aromatic N) is 3. The van der Waals surface area contributed by atoms with Gasteiger partial charge in [-0.05, 0) is 31.4 Å². The Hall–Kier alpha value is -2.96. The van der Waals surface area contributed by atoms with Gasteiger partial charge in [-0.25, -0.2) is 9.50 Å². The molecule has 1 saturated carbocycles. The molecule has 0 spiro atoms. The molecule has 1 aliphatic carbocycles. The minimum atomic E-state index is -0.496. The highest BCUT2D eigenvalue weighted by molar-refractivity contribution is 5.94. The average molecular weight is 422 g/mol. The Kier molecular flexibility index (Phi) is 5.69. The SMILES string of the molecule is CCc1nc(C2CCCCC2)n2nc(-c3cccc(NC(=O)C(C)(C)C)c3)[nH]c(=O)c12. The fourth-order valence-corrected chi connectivity index (χ4v) is 4.16. The number of amides is 1. The molecule has 1 fully saturated rings. The highest BCUT2D eigenvalue weighted by Gasteiger charge is 2.25. The van der Waals surface area contributed by atoms with Gasteiger partial charge in [0.05, 0.1) is 5.69 Å². The van der Waals surface area contributed by atoms with Gasteiger partial charge in [-0.15, -0.1) is 5.10 Å². The van der Waals surface area contributed by atoms with Crippen LogP contribution in [0.5, 0.6) is 0 Å². The normalized spacial score (nSPS) is 15.4. The van der Waals surface area contributed by atoms with Gasteiger partial charge in [0.15, 0.2) is 11.3 Å². The molecule has 0 aliphatic heterocycles. The number of H-pyrrole nitrogens is 1. The van der Waals surface area contributed by atoms with Crippen molar-refractivity contribution >= 4 is 17.1 Å². The standard InChI is InChI=1S/C24H31N5O2/c1-5-18-19-22(30)27-20(28-29(19)21(26-18)15-10-7-6-8-11-15)16-12-9-13-17(14-16)25-23(31)24(2,3)4/h9,12-15H,5-8,10-11H2,1-4H3,(H,25,31)(H,27,28,30). The Bertz CT molecular complexity index is 1160. The zero-order chi connectivity index (χ0) is 22.2. The molecular weight excluding hydrogens is 390 g/mol. The summed E-state index contributed by atoms with van der Waals surface area (Å²) in [6.07, 6.45) is 6.49. The van der Waals surface area contributed by atoms with E-state index in [-0.39, 0.29) is 11.5 Å². The van der Waals surface area contributed by atoms with Gasteiger partial charge in [0, 0.05) is 22.6 Å². The molecule has 31 heavy (non-hydrogen) atoms. The summed E-state index contributed by atoms with van der Waals surface area (Å²) in [4.78, 5) is 33.1. The Balaban J connectivity index is 1.78. The lowest BCUT2D eigenvalue weighted by Gasteiger charge is -2.20. The summed E-state index contributed by atoms with van der Waals surface area (Å²) >= 11 is 0. The van der Waals surface area contributed by atoms with Gasteiger partial charge in [-0.2, -0.15) is 0 Å². The Morgan fingerprint density at radius 3 is 2.65 bits per heavy atom. The topological polar surface area (TPSA) is 92.2 Å². The van der Waals surface area contributed by atoms with Crippen LogP contribution in [0.15, 0.2) is 29.1 Å². The van der Waals surface area contributed by atoms with Crippen molar-refractivity contribution < 1.29 is 4.79 Å². The minimum Gasteiger partial charge on any atom is -0.326 e. The molecule has 0 unspecified atom stereocenters. The van der Waals surface area contributed by atoms with Crippen molar-refractivity contribution in [2.24, 2.45) is 5.41 Å². The lowest BCUT2D eigenvalue weighted by atomic mass is 9.89. The monoisotopic (exact) mass is 421 g/mol. The first-order valence-electron chi connectivity index (χ1n) is 11.2. The van der Waals surface area contributed by atoms with Crippen molar-refractivity contribution in [1.82, 2.24) is 19.6 Å². The van der Waals surface area contributed by atoms with E-state index in [1.807, 2.05) is 52.0 Å². The molecule has 2 heterocycles. The summed E-state index contributed by atoms with van der Waals surface area (Å²) in [5.41, 5.74) is 2.08. The molecule has 0 atom stereocenters. The Labute approximate surface area is 182 Å². The Morgan fingerprint density at radius 2 is 1.97 bits per heavy atom. The summed E-state index contributed by atoms with van der Waals surface area (Å²) in [6, 6.07) is 7.41. The van der Waals surface area contributed by atoms with Crippen LogP contribution < -0.4 is 10.9 Å². The molecule has 164 valence electrons. The van der Waals surface area contributed by atoms with Gasteiger partial charge in [0.25, 0.3) is 5.56 Å². The summed E-state index contributed by atoms with van der Waals surface area (Å²) < 4.78 is 1.77. The molecule has 3 aromatic rings. The summed E-state index contributed by atoms with van der Waals surface area (Å²) in [7, 11) is 0. The number of carbonyl (C=O) groups is 1. The smallest absolute Gasteiger partial charge is 0.277 e. The number of benzene rings is 1. The fraction of sp³-hybridized carbons (Fsp3) is 0.500. The van der Waals surface area contributed by atoms with Crippen LogP contribution in [0.25, 0.3) is 16.9 Å². The number of nitrogens with one attached hydrogen (secondary N) is 2. The summed E-state index contributed by atoms with van der Waals surface area (Å²) in [6.45, 7) is 7.63. The van der Waals surface area contributed by atoms with E-state index in [0.29, 0.717) is 29.4 Å². The number of hydrogen-bond acceptors (Lipinski definition) is 4. The first-order valence-corrected chi connectivity index (χ1v) is 11.2. The zero-order valence-corrected chi connectivity index (χ0v) is 18.8. The average Bonchev–Trinajstić information content (AvgIpc) is 3.13. The second-order valence-electron chi connectivity index (χ2n) is 9.45. The Morgan fingerprint density at radius 1 is 1.23 bits per heavy atom. The van der Waals surface area contributed by atoms with E-state index in [9.17, 15) is 9.59 Å². The quantitative estimate of drug-likeness (QED) is 0.640. The predicted octanol–water partition coefficient (Wildman–Crippen LogP) is 4.68. The number of imidazole rings is 1. The maximum atomic E-state index is 13.0. The van der Waals surface area contributed by atoms with Crippen molar-refractivity contribution in [3.05, 3.63) is 46.1 Å². The zero-order valence-electron chi connectivity index (χ0n) is 18.8. The van der Waals surface area contributed by atoms with Crippen molar-refractivity contribution in [1.29, 1.82) is 0 Å². The molecule has 7 heteroatoms. The second-order valence-corrected chi connectivity index (χ2v) is 9.45. The lowest BCUT2D eigenvalue weighted by molar-refractivity contribution is -0.123. The maximum absolute atomic E-state index is 13.0. The number of fused-ring (bicyclic) bond motifs is 1. The number of aryl methyl sites for hydroxylation is 1. The van der Waals surface area contributed by atoms with Crippen molar-refractivity contribution in [3.63, 3.8) is 0 Å². The summed E-state index contributed by atoms with van der Waals surface area (Å²) in [5, 5.41) is 7.75. The molecule has 0 radical (unpaired) electrons. The largest absolute Gasteiger partial charge is 0.326 e. The number of carbonyl (C=O) groups excluding carboxylic acids is 1. The van der Waals surface area contributed by atoms with E-state index in [0.717, 1.165) is 29.9 Å². The summed E-state index contributed by atoms with van der Waals surface area (Å²) in [5.74, 6) is 1.64. The van der Waals surface area contributed by atoms with E-state index >= 15 is 0 Å². The van der Waals surface area contributed by atoms with Crippen LogP contribution in [0, 0.1) is 5.41 Å². The van der Waals surface area contributed by atoms with Gasteiger partial charge in [-0.1, -0.05) is 59.1 Å². The lowest BCUT2D eigenvalue weighted by Crippen LogP contribution is -2.27. The molecular formula is C24H31N5O2. The number of aromatic nitrogens is 4. The number of anilines is 1. The third-order valence-electron chi connectivity index (χ3n) is 5.98. The van der Waals surface area contributed by atoms with Crippen LogP contribution in [0.3, 0.4) is 0 Å². The highest BCUT2D eigenvalue weighted by atomic mass is 16.2. The molecule has 4 rings (SSSR count). The van der Waals surface area contributed by atoms with E-state index < -0.39 is 5.41 Å². The van der Waals surface area contributed by atoms with Crippen LogP contribution in [0.4, 0.5) is 5.69 Å². The molecule has 1 amide bonds. The molecule has 0 bridgehead atoms. The third kappa shape index (κ3) is 4.27. The highest BCUT2D eigenvalue weighted by Crippen LogP contribution is 2.32. The van der Waals surface area contributed by atoms with Gasteiger partial charge in [0.1, 0.15) is 5.82 Å². The minimum absolute atomic E-state index is 0.0664.